The number of nitrogens with zero attached hydrogens (tertiary/aromatic N) is 1. The van der Waals surface area contributed by atoms with Gasteiger partial charge in [-0.25, -0.2) is 0 Å². The van der Waals surface area contributed by atoms with E-state index >= 15 is 0 Å². The molecule has 1 heterocycles. The van der Waals surface area contributed by atoms with E-state index in [0.717, 1.165) is 5.52 Å². The second kappa shape index (κ2) is 7.64. The fourth-order valence-corrected chi connectivity index (χ4v) is 3.43. The van der Waals surface area contributed by atoms with E-state index in [1.54, 1.807) is 49.6 Å². The molecule has 0 saturated heterocycles. The molecule has 4 rings (SSSR count). The number of aromatic nitrogens is 1. The Kier molecular flexibility index (Phi) is 4.87. The first-order chi connectivity index (χ1) is 14.1. The van der Waals surface area contributed by atoms with Crippen LogP contribution < -0.4 is 15.5 Å². The molecule has 0 atom stereocenters. The van der Waals surface area contributed by atoms with Crippen LogP contribution in [-0.4, -0.2) is 17.6 Å². The second-order valence-electron chi connectivity index (χ2n) is 6.68. The Balaban J connectivity index is 1.94. The van der Waals surface area contributed by atoms with Gasteiger partial charge in [0.2, 0.25) is 0 Å². The van der Waals surface area contributed by atoms with Gasteiger partial charge in [-0.3, -0.25) is 9.59 Å². The van der Waals surface area contributed by atoms with Gasteiger partial charge in [0.15, 0.2) is 5.43 Å². The number of hydrogen-bond acceptors (Lipinski definition) is 3. The van der Waals surface area contributed by atoms with Gasteiger partial charge in [0.25, 0.3) is 5.91 Å². The van der Waals surface area contributed by atoms with Crippen LogP contribution in [0.1, 0.15) is 10.4 Å². The van der Waals surface area contributed by atoms with E-state index in [1.165, 1.54) is 0 Å². The van der Waals surface area contributed by atoms with Crippen molar-refractivity contribution in [3.05, 3.63) is 94.6 Å². The molecule has 1 N–H and O–H groups in total. The lowest BCUT2D eigenvalue weighted by Gasteiger charge is -2.18. The molecule has 1 amide bonds. The van der Waals surface area contributed by atoms with Crippen molar-refractivity contribution in [3.8, 4) is 16.9 Å². The smallest absolute Gasteiger partial charge is 0.256 e. The third-order valence-corrected chi connectivity index (χ3v) is 4.96. The molecule has 0 saturated carbocycles. The third-order valence-electron chi connectivity index (χ3n) is 4.96. The van der Waals surface area contributed by atoms with Gasteiger partial charge in [-0.2, -0.15) is 0 Å². The lowest BCUT2D eigenvalue weighted by Crippen LogP contribution is -2.21. The van der Waals surface area contributed by atoms with Crippen LogP contribution in [0.15, 0.2) is 83.7 Å². The Morgan fingerprint density at radius 3 is 2.24 bits per heavy atom. The van der Waals surface area contributed by atoms with E-state index in [4.69, 9.17) is 4.74 Å². The minimum Gasteiger partial charge on any atom is -0.497 e. The van der Waals surface area contributed by atoms with Crippen LogP contribution in [0.2, 0.25) is 0 Å². The van der Waals surface area contributed by atoms with Crippen LogP contribution in [0, 0.1) is 0 Å². The first-order valence-corrected chi connectivity index (χ1v) is 9.22. The Hall–Kier alpha value is -3.86. The van der Waals surface area contributed by atoms with Crippen molar-refractivity contribution in [2.24, 2.45) is 7.05 Å². The Morgan fingerprint density at radius 2 is 1.55 bits per heavy atom. The highest BCUT2D eigenvalue weighted by molar-refractivity contribution is 6.06. The van der Waals surface area contributed by atoms with E-state index < -0.39 is 0 Å². The molecule has 0 unspecified atom stereocenters. The number of pyridine rings is 1. The van der Waals surface area contributed by atoms with E-state index in [0.29, 0.717) is 33.6 Å². The van der Waals surface area contributed by atoms with Crippen molar-refractivity contribution >= 4 is 22.6 Å². The van der Waals surface area contributed by atoms with Crippen molar-refractivity contribution in [3.63, 3.8) is 0 Å². The lowest BCUT2D eigenvalue weighted by molar-refractivity contribution is 0.102. The predicted molar refractivity (Wildman–Crippen MR) is 116 cm³/mol. The first-order valence-electron chi connectivity index (χ1n) is 9.22. The molecule has 3 aromatic carbocycles. The van der Waals surface area contributed by atoms with Crippen LogP contribution in [0.4, 0.5) is 5.82 Å². The zero-order chi connectivity index (χ0) is 20.4. The number of methoxy groups -OCH3 is 1. The monoisotopic (exact) mass is 384 g/mol. The second-order valence-corrected chi connectivity index (χ2v) is 6.68. The molecular weight excluding hydrogens is 364 g/mol. The third kappa shape index (κ3) is 3.38. The highest BCUT2D eigenvalue weighted by Crippen LogP contribution is 2.29. The number of aryl methyl sites for hydroxylation is 1. The van der Waals surface area contributed by atoms with Crippen LogP contribution in [0.3, 0.4) is 0 Å². The van der Waals surface area contributed by atoms with Crippen molar-refractivity contribution < 1.29 is 9.53 Å². The van der Waals surface area contributed by atoms with Crippen LogP contribution >= 0.6 is 0 Å². The highest BCUT2D eigenvalue weighted by atomic mass is 16.5. The van der Waals surface area contributed by atoms with Crippen LogP contribution in [-0.2, 0) is 7.05 Å². The summed E-state index contributed by atoms with van der Waals surface area (Å²) in [7, 11) is 3.44. The largest absolute Gasteiger partial charge is 0.497 e. The molecule has 1 aromatic heterocycles. The van der Waals surface area contributed by atoms with Crippen molar-refractivity contribution in [2.75, 3.05) is 12.4 Å². The summed E-state index contributed by atoms with van der Waals surface area (Å²) in [5.74, 6) is 0.875. The maximum absolute atomic E-state index is 13.4. The number of amides is 1. The quantitative estimate of drug-likeness (QED) is 0.565. The van der Waals surface area contributed by atoms with Crippen molar-refractivity contribution in [1.29, 1.82) is 0 Å². The minimum absolute atomic E-state index is 0.132. The molecule has 0 bridgehead atoms. The molecular formula is C24H20N2O3. The van der Waals surface area contributed by atoms with Gasteiger partial charge in [-0.05, 0) is 42.0 Å². The van der Waals surface area contributed by atoms with Crippen LogP contribution in [0.5, 0.6) is 5.75 Å². The summed E-state index contributed by atoms with van der Waals surface area (Å²) in [5, 5.41) is 3.54. The first kappa shape index (κ1) is 18.5. The number of nitrogens with one attached hydrogen (secondary N) is 1. The van der Waals surface area contributed by atoms with E-state index in [9.17, 15) is 9.59 Å². The molecule has 29 heavy (non-hydrogen) atoms. The zero-order valence-corrected chi connectivity index (χ0v) is 16.2. The molecule has 0 aliphatic rings. The summed E-state index contributed by atoms with van der Waals surface area (Å²) in [6, 6.07) is 23.6. The van der Waals surface area contributed by atoms with Gasteiger partial charge in [0.1, 0.15) is 11.6 Å². The maximum atomic E-state index is 13.4. The van der Waals surface area contributed by atoms with E-state index in [-0.39, 0.29) is 11.3 Å². The number of rotatable bonds is 4. The average molecular weight is 384 g/mol. The van der Waals surface area contributed by atoms with Gasteiger partial charge < -0.3 is 14.6 Å². The number of carbonyl (C=O) groups is 1. The molecule has 4 aromatic rings. The SMILES string of the molecule is COc1ccc(-c2c(NC(=O)c3ccccc3)n(C)c3ccccc3c2=O)cc1. The number of fused-ring (bicyclic) bond motifs is 1. The minimum atomic E-state index is -0.273. The standard InChI is InChI=1S/C24H20N2O3/c1-26-20-11-7-6-10-19(20)22(27)21(16-12-14-18(29-2)15-13-16)23(26)25-24(28)17-8-4-3-5-9-17/h3-15H,1-2H3,(H,25,28). The van der Waals surface area contributed by atoms with E-state index in [1.807, 2.05) is 48.0 Å². The van der Waals surface area contributed by atoms with Crippen LogP contribution in [0.25, 0.3) is 22.0 Å². The maximum Gasteiger partial charge on any atom is 0.256 e. The normalized spacial score (nSPS) is 10.7. The summed E-state index contributed by atoms with van der Waals surface area (Å²) >= 11 is 0. The molecule has 0 spiro atoms. The number of hydrogen-bond donors (Lipinski definition) is 1. The van der Waals surface area contributed by atoms with Gasteiger partial charge in [0, 0.05) is 18.0 Å². The Labute approximate surface area is 168 Å². The fraction of sp³-hybridized carbons (Fsp3) is 0.0833. The van der Waals surface area contributed by atoms with Gasteiger partial charge in [-0.15, -0.1) is 0 Å². The molecule has 144 valence electrons. The van der Waals surface area contributed by atoms with Crippen molar-refractivity contribution in [1.82, 2.24) is 4.57 Å². The molecule has 0 radical (unpaired) electrons. The van der Waals surface area contributed by atoms with Gasteiger partial charge in [-0.1, -0.05) is 42.5 Å². The number of carbonyl (C=O) groups excluding carboxylic acids is 1. The number of ether oxygens (including phenoxy) is 1. The molecule has 5 nitrogen and oxygen atoms in total. The fourth-order valence-electron chi connectivity index (χ4n) is 3.43. The lowest BCUT2D eigenvalue weighted by atomic mass is 10.0. The molecule has 5 heteroatoms. The summed E-state index contributed by atoms with van der Waals surface area (Å²) in [4.78, 5) is 26.2. The van der Waals surface area contributed by atoms with E-state index in [2.05, 4.69) is 5.32 Å². The summed E-state index contributed by atoms with van der Waals surface area (Å²) in [6.07, 6.45) is 0. The Bertz CT molecular complexity index is 1240. The summed E-state index contributed by atoms with van der Waals surface area (Å²) < 4.78 is 7.07. The molecule has 0 aliphatic carbocycles. The van der Waals surface area contributed by atoms with Gasteiger partial charge in [0.05, 0.1) is 18.2 Å². The van der Waals surface area contributed by atoms with Crippen molar-refractivity contribution in [2.45, 2.75) is 0 Å². The summed E-state index contributed by atoms with van der Waals surface area (Å²) in [5.41, 5.74) is 2.29. The van der Waals surface area contributed by atoms with Gasteiger partial charge >= 0.3 is 0 Å². The summed E-state index contributed by atoms with van der Waals surface area (Å²) in [6.45, 7) is 0. The predicted octanol–water partition coefficient (Wildman–Crippen LogP) is 4.47. The zero-order valence-electron chi connectivity index (χ0n) is 16.2. The average Bonchev–Trinajstić information content (AvgIpc) is 2.78. The highest BCUT2D eigenvalue weighted by Gasteiger charge is 2.19. The Morgan fingerprint density at radius 1 is 0.897 bits per heavy atom. The topological polar surface area (TPSA) is 60.3 Å². The number of anilines is 1. The number of para-hydroxylation sites is 1. The number of benzene rings is 3. The molecule has 0 fully saturated rings. The molecule has 0 aliphatic heterocycles.